The Morgan fingerprint density at radius 1 is 1.37 bits per heavy atom. The van der Waals surface area contributed by atoms with Crippen LogP contribution in [0.4, 0.5) is 4.39 Å². The summed E-state index contributed by atoms with van der Waals surface area (Å²) >= 11 is 0. The van der Waals surface area contributed by atoms with E-state index in [1.54, 1.807) is 7.05 Å². The van der Waals surface area contributed by atoms with Crippen LogP contribution >= 0.6 is 0 Å². The number of benzene rings is 1. The lowest BCUT2D eigenvalue weighted by Crippen LogP contribution is -2.27. The van der Waals surface area contributed by atoms with Gasteiger partial charge in [-0.1, -0.05) is 0 Å². The van der Waals surface area contributed by atoms with Crippen molar-refractivity contribution in [2.75, 3.05) is 26.8 Å². The van der Waals surface area contributed by atoms with Crippen LogP contribution in [0.1, 0.15) is 12.5 Å². The molecule has 2 N–H and O–H groups in total. The topological polar surface area (TPSA) is 67.4 Å². The molecule has 0 aliphatic carbocycles. The van der Waals surface area contributed by atoms with Gasteiger partial charge in [0.25, 0.3) is 0 Å². The van der Waals surface area contributed by atoms with E-state index in [9.17, 15) is 12.8 Å². The molecule has 7 heteroatoms. The maximum atomic E-state index is 13.4. The third-order valence-electron chi connectivity index (χ3n) is 2.44. The standard InChI is InChI=1S/C12H19FN2O3S/c1-3-18-7-6-15-19(16,17)11-4-5-12(13)10(8-11)9-14-2/h4-5,8,14-15H,3,6-7,9H2,1-2H3. The van der Waals surface area contributed by atoms with E-state index in [4.69, 9.17) is 4.74 Å². The van der Waals surface area contributed by atoms with Crippen molar-refractivity contribution in [3.05, 3.63) is 29.6 Å². The van der Waals surface area contributed by atoms with E-state index in [-0.39, 0.29) is 18.0 Å². The quantitative estimate of drug-likeness (QED) is 0.697. The van der Waals surface area contributed by atoms with E-state index in [2.05, 4.69) is 10.0 Å². The Balaban J connectivity index is 2.80. The summed E-state index contributed by atoms with van der Waals surface area (Å²) in [6, 6.07) is 3.73. The first-order valence-corrected chi connectivity index (χ1v) is 7.50. The summed E-state index contributed by atoms with van der Waals surface area (Å²) in [7, 11) is -1.96. The van der Waals surface area contributed by atoms with Crippen LogP contribution in [0, 0.1) is 5.82 Å². The van der Waals surface area contributed by atoms with Crippen LogP contribution in [0.15, 0.2) is 23.1 Å². The highest BCUT2D eigenvalue weighted by Gasteiger charge is 2.15. The number of hydrogen-bond acceptors (Lipinski definition) is 4. The molecule has 0 atom stereocenters. The fourth-order valence-corrected chi connectivity index (χ4v) is 2.58. The van der Waals surface area contributed by atoms with Crippen molar-refractivity contribution in [1.82, 2.24) is 10.0 Å². The van der Waals surface area contributed by atoms with Gasteiger partial charge >= 0.3 is 0 Å². The highest BCUT2D eigenvalue weighted by Crippen LogP contribution is 2.14. The molecule has 0 unspecified atom stereocenters. The van der Waals surface area contributed by atoms with Gasteiger partial charge in [-0.25, -0.2) is 17.5 Å². The molecule has 0 amide bonds. The molecule has 0 aliphatic heterocycles. The molecule has 0 heterocycles. The summed E-state index contributed by atoms with van der Waals surface area (Å²) in [6.45, 7) is 3.13. The highest BCUT2D eigenvalue weighted by molar-refractivity contribution is 7.89. The molecule has 108 valence electrons. The van der Waals surface area contributed by atoms with Crippen LogP contribution in [-0.2, 0) is 21.3 Å². The minimum Gasteiger partial charge on any atom is -0.380 e. The van der Waals surface area contributed by atoms with Gasteiger partial charge in [0, 0.05) is 25.3 Å². The Hall–Kier alpha value is -1.02. The van der Waals surface area contributed by atoms with Crippen molar-refractivity contribution in [3.8, 4) is 0 Å². The molecule has 1 rings (SSSR count). The van der Waals surface area contributed by atoms with Crippen LogP contribution in [0.5, 0.6) is 0 Å². The molecule has 0 aliphatic rings. The second kappa shape index (κ2) is 7.54. The molecule has 0 saturated heterocycles. The van der Waals surface area contributed by atoms with Gasteiger partial charge in [0.15, 0.2) is 0 Å². The zero-order valence-electron chi connectivity index (χ0n) is 11.1. The SMILES string of the molecule is CCOCCNS(=O)(=O)c1ccc(F)c(CNC)c1. The number of sulfonamides is 1. The normalized spacial score (nSPS) is 11.7. The molecule has 0 spiro atoms. The maximum absolute atomic E-state index is 13.4. The molecule has 5 nitrogen and oxygen atoms in total. The Bertz CT molecular complexity index is 506. The largest absolute Gasteiger partial charge is 0.380 e. The zero-order valence-corrected chi connectivity index (χ0v) is 11.9. The number of hydrogen-bond donors (Lipinski definition) is 2. The lowest BCUT2D eigenvalue weighted by Gasteiger charge is -2.09. The molecule has 0 bridgehead atoms. The van der Waals surface area contributed by atoms with E-state index in [1.807, 2.05) is 6.92 Å². The monoisotopic (exact) mass is 290 g/mol. The lowest BCUT2D eigenvalue weighted by atomic mass is 10.2. The van der Waals surface area contributed by atoms with Gasteiger partial charge in [0.05, 0.1) is 11.5 Å². The Morgan fingerprint density at radius 2 is 2.11 bits per heavy atom. The number of ether oxygens (including phenoxy) is 1. The van der Waals surface area contributed by atoms with E-state index < -0.39 is 15.8 Å². The van der Waals surface area contributed by atoms with E-state index in [1.165, 1.54) is 12.1 Å². The molecule has 0 saturated carbocycles. The summed E-state index contributed by atoms with van der Waals surface area (Å²) in [5, 5.41) is 2.79. The van der Waals surface area contributed by atoms with Gasteiger partial charge in [0.1, 0.15) is 5.82 Å². The van der Waals surface area contributed by atoms with Crippen LogP contribution < -0.4 is 10.0 Å². The van der Waals surface area contributed by atoms with Gasteiger partial charge in [-0.3, -0.25) is 0 Å². The third-order valence-corrected chi connectivity index (χ3v) is 3.90. The molecule has 0 aromatic heterocycles. The Morgan fingerprint density at radius 3 is 2.74 bits per heavy atom. The van der Waals surface area contributed by atoms with Gasteiger partial charge in [-0.05, 0) is 32.2 Å². The van der Waals surface area contributed by atoms with Crippen LogP contribution in [-0.4, -0.2) is 35.2 Å². The minimum absolute atomic E-state index is 0.0515. The van der Waals surface area contributed by atoms with Crippen molar-refractivity contribution >= 4 is 10.0 Å². The maximum Gasteiger partial charge on any atom is 0.240 e. The summed E-state index contributed by atoms with van der Waals surface area (Å²) in [5.74, 6) is -0.428. The fourth-order valence-electron chi connectivity index (χ4n) is 1.52. The van der Waals surface area contributed by atoms with Crippen LogP contribution in [0.25, 0.3) is 0 Å². The van der Waals surface area contributed by atoms with Crippen LogP contribution in [0.2, 0.25) is 0 Å². The predicted octanol–water partition coefficient (Wildman–Crippen LogP) is 0.860. The van der Waals surface area contributed by atoms with Crippen molar-refractivity contribution < 1.29 is 17.5 Å². The molecular weight excluding hydrogens is 271 g/mol. The molecule has 1 aromatic rings. The van der Waals surface area contributed by atoms with Crippen molar-refractivity contribution in [2.45, 2.75) is 18.4 Å². The average molecular weight is 290 g/mol. The summed E-state index contributed by atoms with van der Waals surface area (Å²) in [4.78, 5) is 0.0515. The zero-order chi connectivity index (χ0) is 14.3. The summed E-state index contributed by atoms with van der Waals surface area (Å²) in [6.07, 6.45) is 0. The lowest BCUT2D eigenvalue weighted by molar-refractivity contribution is 0.153. The molecule has 0 fully saturated rings. The first kappa shape index (κ1) is 16.0. The second-order valence-corrected chi connectivity index (χ2v) is 5.65. The van der Waals surface area contributed by atoms with E-state index in [0.29, 0.717) is 18.8 Å². The van der Waals surface area contributed by atoms with Gasteiger partial charge in [0.2, 0.25) is 10.0 Å². The fraction of sp³-hybridized carbons (Fsp3) is 0.500. The number of rotatable bonds is 8. The molecule has 0 radical (unpaired) electrons. The summed E-state index contributed by atoms with van der Waals surface area (Å²) in [5.41, 5.74) is 0.315. The smallest absolute Gasteiger partial charge is 0.240 e. The minimum atomic E-state index is -3.62. The van der Waals surface area contributed by atoms with Gasteiger partial charge in [-0.15, -0.1) is 0 Å². The summed E-state index contributed by atoms with van der Waals surface area (Å²) < 4.78 is 44.8. The van der Waals surface area contributed by atoms with Crippen molar-refractivity contribution in [3.63, 3.8) is 0 Å². The van der Waals surface area contributed by atoms with E-state index >= 15 is 0 Å². The Labute approximate surface area is 113 Å². The first-order valence-electron chi connectivity index (χ1n) is 6.01. The number of nitrogens with one attached hydrogen (secondary N) is 2. The van der Waals surface area contributed by atoms with Crippen molar-refractivity contribution in [2.24, 2.45) is 0 Å². The second-order valence-electron chi connectivity index (χ2n) is 3.88. The van der Waals surface area contributed by atoms with E-state index in [0.717, 1.165) is 6.07 Å². The van der Waals surface area contributed by atoms with Crippen LogP contribution in [0.3, 0.4) is 0 Å². The van der Waals surface area contributed by atoms with Crippen molar-refractivity contribution in [1.29, 1.82) is 0 Å². The first-order chi connectivity index (χ1) is 9.01. The Kier molecular flexibility index (Phi) is 6.36. The average Bonchev–Trinajstić information content (AvgIpc) is 2.37. The predicted molar refractivity (Wildman–Crippen MR) is 70.8 cm³/mol. The number of halogens is 1. The molecule has 1 aromatic carbocycles. The van der Waals surface area contributed by atoms with Gasteiger partial charge < -0.3 is 10.1 Å². The third kappa shape index (κ3) is 4.87. The molecular formula is C12H19FN2O3S. The molecule has 19 heavy (non-hydrogen) atoms. The van der Waals surface area contributed by atoms with Gasteiger partial charge in [-0.2, -0.15) is 0 Å². The highest BCUT2D eigenvalue weighted by atomic mass is 32.2.